The Morgan fingerprint density at radius 2 is 1.76 bits per heavy atom. The van der Waals surface area contributed by atoms with Crippen molar-refractivity contribution in [1.29, 1.82) is 0 Å². The summed E-state index contributed by atoms with van der Waals surface area (Å²) in [6, 6.07) is 8.69. The van der Waals surface area contributed by atoms with E-state index in [-0.39, 0.29) is 0 Å². The second-order valence-corrected chi connectivity index (χ2v) is 5.37. The van der Waals surface area contributed by atoms with E-state index in [0.717, 1.165) is 25.6 Å². The van der Waals surface area contributed by atoms with Gasteiger partial charge in [0.05, 0.1) is 0 Å². The molecule has 96 valence electrons. The van der Waals surface area contributed by atoms with Crippen molar-refractivity contribution in [3.05, 3.63) is 35.4 Å². The third-order valence-electron chi connectivity index (χ3n) is 2.82. The first-order chi connectivity index (χ1) is 8.09. The van der Waals surface area contributed by atoms with Gasteiger partial charge in [0.2, 0.25) is 0 Å². The van der Waals surface area contributed by atoms with Crippen molar-refractivity contribution in [2.45, 2.75) is 33.4 Å². The summed E-state index contributed by atoms with van der Waals surface area (Å²) in [6.07, 6.45) is 1.25. The summed E-state index contributed by atoms with van der Waals surface area (Å²) < 4.78 is 0. The first-order valence-corrected chi connectivity index (χ1v) is 6.52. The molecule has 0 bridgehead atoms. The van der Waals surface area contributed by atoms with Crippen molar-refractivity contribution in [1.82, 2.24) is 10.2 Å². The molecule has 0 aliphatic heterocycles. The highest BCUT2D eigenvalue weighted by molar-refractivity contribution is 5.26. The second kappa shape index (κ2) is 7.46. The number of nitrogens with one attached hydrogen (secondary N) is 1. The first kappa shape index (κ1) is 14.2. The molecule has 17 heavy (non-hydrogen) atoms. The van der Waals surface area contributed by atoms with Crippen LogP contribution in [-0.4, -0.2) is 25.5 Å². The van der Waals surface area contributed by atoms with Crippen LogP contribution < -0.4 is 5.32 Å². The van der Waals surface area contributed by atoms with Gasteiger partial charge in [0, 0.05) is 13.1 Å². The molecule has 0 radical (unpaired) electrons. The van der Waals surface area contributed by atoms with E-state index >= 15 is 0 Å². The predicted molar refractivity (Wildman–Crippen MR) is 75.0 cm³/mol. The minimum absolute atomic E-state index is 0.777. The second-order valence-electron chi connectivity index (χ2n) is 5.37. The molecule has 0 fully saturated rings. The Kier molecular flexibility index (Phi) is 6.23. The summed E-state index contributed by atoms with van der Waals surface area (Å²) in [4.78, 5) is 2.22. The normalized spacial score (nSPS) is 11.4. The van der Waals surface area contributed by atoms with E-state index in [1.807, 2.05) is 0 Å². The lowest BCUT2D eigenvalue weighted by molar-refractivity contribution is 0.400. The summed E-state index contributed by atoms with van der Waals surface area (Å²) in [5.74, 6) is 0.777. The highest BCUT2D eigenvalue weighted by atomic mass is 15.0. The van der Waals surface area contributed by atoms with Gasteiger partial charge in [-0.15, -0.1) is 0 Å². The Bertz CT molecular complexity index is 318. The molecule has 0 aliphatic carbocycles. The van der Waals surface area contributed by atoms with Crippen LogP contribution in [0.15, 0.2) is 24.3 Å². The van der Waals surface area contributed by atoms with Crippen LogP contribution in [0.5, 0.6) is 0 Å². The Balaban J connectivity index is 2.46. The number of hydrogen-bond donors (Lipinski definition) is 1. The van der Waals surface area contributed by atoms with Crippen molar-refractivity contribution in [2.24, 2.45) is 5.92 Å². The average Bonchev–Trinajstić information content (AvgIpc) is 2.25. The molecule has 0 saturated carbocycles. The molecule has 2 heteroatoms. The number of hydrogen-bond acceptors (Lipinski definition) is 2. The minimum Gasteiger partial charge on any atom is -0.313 e. The first-order valence-electron chi connectivity index (χ1n) is 6.52. The predicted octanol–water partition coefficient (Wildman–Crippen LogP) is 2.88. The van der Waals surface area contributed by atoms with Crippen molar-refractivity contribution >= 4 is 0 Å². The Hall–Kier alpha value is -0.860. The molecule has 1 rings (SSSR count). The van der Waals surface area contributed by atoms with Crippen LogP contribution in [0.25, 0.3) is 0 Å². The zero-order valence-electron chi connectivity index (χ0n) is 11.7. The molecule has 0 spiro atoms. The number of nitrogens with zero attached hydrogens (tertiary/aromatic N) is 1. The third kappa shape index (κ3) is 5.85. The molecule has 0 heterocycles. The lowest BCUT2D eigenvalue weighted by atomic mass is 10.1. The van der Waals surface area contributed by atoms with Gasteiger partial charge < -0.3 is 10.2 Å². The summed E-state index contributed by atoms with van der Waals surface area (Å²) in [7, 11) is 4.23. The minimum atomic E-state index is 0.777. The highest BCUT2D eigenvalue weighted by Crippen LogP contribution is 2.10. The summed E-state index contributed by atoms with van der Waals surface area (Å²) >= 11 is 0. The van der Waals surface area contributed by atoms with E-state index < -0.39 is 0 Å². The lowest BCUT2D eigenvalue weighted by Crippen LogP contribution is -2.19. The fourth-order valence-corrected chi connectivity index (χ4v) is 1.84. The summed E-state index contributed by atoms with van der Waals surface area (Å²) in [6.45, 7) is 7.63. The van der Waals surface area contributed by atoms with Crippen LogP contribution in [0, 0.1) is 5.92 Å². The standard InChI is InChI=1S/C15H26N2/c1-13(2)9-10-16-11-14-7-5-6-8-15(14)12-17(3)4/h5-8,13,16H,9-12H2,1-4H3. The maximum atomic E-state index is 3.53. The topological polar surface area (TPSA) is 15.3 Å². The smallest absolute Gasteiger partial charge is 0.0230 e. The van der Waals surface area contributed by atoms with Crippen LogP contribution in [0.3, 0.4) is 0 Å². The van der Waals surface area contributed by atoms with Gasteiger partial charge in [-0.1, -0.05) is 38.1 Å². The molecular formula is C15H26N2. The van der Waals surface area contributed by atoms with Gasteiger partial charge in [0.15, 0.2) is 0 Å². The monoisotopic (exact) mass is 234 g/mol. The molecule has 0 atom stereocenters. The van der Waals surface area contributed by atoms with Gasteiger partial charge in [-0.3, -0.25) is 0 Å². The van der Waals surface area contributed by atoms with Crippen LogP contribution in [0.2, 0.25) is 0 Å². The quantitative estimate of drug-likeness (QED) is 0.730. The van der Waals surface area contributed by atoms with Gasteiger partial charge in [-0.25, -0.2) is 0 Å². The van der Waals surface area contributed by atoms with Crippen molar-refractivity contribution in [3.63, 3.8) is 0 Å². The largest absolute Gasteiger partial charge is 0.313 e. The summed E-state index contributed by atoms with van der Waals surface area (Å²) in [5, 5.41) is 3.53. The van der Waals surface area contributed by atoms with Crippen molar-refractivity contribution in [2.75, 3.05) is 20.6 Å². The molecule has 0 aliphatic rings. The lowest BCUT2D eigenvalue weighted by Gasteiger charge is -2.15. The van der Waals surface area contributed by atoms with E-state index in [4.69, 9.17) is 0 Å². The van der Waals surface area contributed by atoms with E-state index in [2.05, 4.69) is 62.4 Å². The molecule has 1 aromatic carbocycles. The zero-order valence-corrected chi connectivity index (χ0v) is 11.7. The van der Waals surface area contributed by atoms with E-state index in [1.165, 1.54) is 17.5 Å². The SMILES string of the molecule is CC(C)CCNCc1ccccc1CN(C)C. The summed E-state index contributed by atoms with van der Waals surface area (Å²) in [5.41, 5.74) is 2.85. The highest BCUT2D eigenvalue weighted by Gasteiger charge is 2.02. The number of rotatable bonds is 7. The Morgan fingerprint density at radius 3 is 2.35 bits per heavy atom. The van der Waals surface area contributed by atoms with Gasteiger partial charge in [0.25, 0.3) is 0 Å². The molecular weight excluding hydrogens is 208 g/mol. The molecule has 0 saturated heterocycles. The van der Waals surface area contributed by atoms with Crippen molar-refractivity contribution < 1.29 is 0 Å². The molecule has 0 unspecified atom stereocenters. The van der Waals surface area contributed by atoms with Crippen LogP contribution >= 0.6 is 0 Å². The van der Waals surface area contributed by atoms with Gasteiger partial charge in [-0.05, 0) is 44.1 Å². The molecule has 1 N–H and O–H groups in total. The average molecular weight is 234 g/mol. The maximum absolute atomic E-state index is 3.53. The third-order valence-corrected chi connectivity index (χ3v) is 2.82. The van der Waals surface area contributed by atoms with Gasteiger partial charge in [-0.2, -0.15) is 0 Å². The maximum Gasteiger partial charge on any atom is 0.0230 e. The van der Waals surface area contributed by atoms with Crippen LogP contribution in [0.1, 0.15) is 31.4 Å². The zero-order chi connectivity index (χ0) is 12.7. The van der Waals surface area contributed by atoms with Gasteiger partial charge >= 0.3 is 0 Å². The molecule has 0 amide bonds. The fourth-order valence-electron chi connectivity index (χ4n) is 1.84. The molecule has 2 nitrogen and oxygen atoms in total. The Labute approximate surface area is 106 Å². The van der Waals surface area contributed by atoms with Crippen molar-refractivity contribution in [3.8, 4) is 0 Å². The number of benzene rings is 1. The Morgan fingerprint density at radius 1 is 1.12 bits per heavy atom. The van der Waals surface area contributed by atoms with Crippen LogP contribution in [0.4, 0.5) is 0 Å². The fraction of sp³-hybridized carbons (Fsp3) is 0.600. The van der Waals surface area contributed by atoms with E-state index in [9.17, 15) is 0 Å². The molecule has 1 aromatic rings. The molecule has 0 aromatic heterocycles. The van der Waals surface area contributed by atoms with E-state index in [0.29, 0.717) is 0 Å². The van der Waals surface area contributed by atoms with Gasteiger partial charge in [0.1, 0.15) is 0 Å². The van der Waals surface area contributed by atoms with E-state index in [1.54, 1.807) is 0 Å². The van der Waals surface area contributed by atoms with Crippen LogP contribution in [-0.2, 0) is 13.1 Å².